The number of nitrogens with two attached hydrogens (primary N) is 1. The van der Waals surface area contributed by atoms with Crippen LogP contribution in [0.25, 0.3) is 11.1 Å². The SMILES string of the molecule is COC[C@H]1C[C@H]2CSC(N)=N[C@@]2(c2cc(-c3cccnc3OC)ccc2F)CO1. The quantitative estimate of drug-likeness (QED) is 0.805. The van der Waals surface area contributed by atoms with Crippen molar-refractivity contribution < 1.29 is 18.6 Å². The molecule has 0 aliphatic carbocycles. The molecule has 0 spiro atoms. The van der Waals surface area contributed by atoms with Gasteiger partial charge in [-0.1, -0.05) is 17.8 Å². The van der Waals surface area contributed by atoms with E-state index in [0.717, 1.165) is 23.3 Å². The second-order valence-electron chi connectivity index (χ2n) is 7.26. The summed E-state index contributed by atoms with van der Waals surface area (Å²) in [6, 6.07) is 8.76. The zero-order chi connectivity index (χ0) is 20.4. The number of aliphatic imine (C=N–C) groups is 1. The molecule has 6 nitrogen and oxygen atoms in total. The summed E-state index contributed by atoms with van der Waals surface area (Å²) in [5.74, 6) is 1.02. The van der Waals surface area contributed by atoms with Crippen LogP contribution in [0.15, 0.2) is 41.5 Å². The predicted octanol–water partition coefficient (Wildman–Crippen LogP) is 3.20. The fourth-order valence-electron chi connectivity index (χ4n) is 4.15. The van der Waals surface area contributed by atoms with E-state index in [1.54, 1.807) is 26.5 Å². The lowest BCUT2D eigenvalue weighted by molar-refractivity contribution is -0.0836. The third-order valence-corrected chi connectivity index (χ3v) is 6.52. The van der Waals surface area contributed by atoms with Crippen molar-refractivity contribution in [3.63, 3.8) is 0 Å². The van der Waals surface area contributed by atoms with Gasteiger partial charge in [0.15, 0.2) is 5.17 Å². The van der Waals surface area contributed by atoms with Gasteiger partial charge in [-0.05, 0) is 36.2 Å². The van der Waals surface area contributed by atoms with Crippen LogP contribution >= 0.6 is 11.8 Å². The number of aromatic nitrogens is 1. The van der Waals surface area contributed by atoms with Gasteiger partial charge in [0.1, 0.15) is 11.4 Å². The van der Waals surface area contributed by atoms with Gasteiger partial charge in [0.05, 0.1) is 26.4 Å². The van der Waals surface area contributed by atoms with Crippen LogP contribution < -0.4 is 10.5 Å². The van der Waals surface area contributed by atoms with Crippen LogP contribution in [-0.2, 0) is 15.0 Å². The van der Waals surface area contributed by atoms with Crippen LogP contribution in [0.1, 0.15) is 12.0 Å². The number of amidine groups is 1. The van der Waals surface area contributed by atoms with E-state index in [0.29, 0.717) is 23.2 Å². The summed E-state index contributed by atoms with van der Waals surface area (Å²) in [5, 5.41) is 0.457. The van der Waals surface area contributed by atoms with Crippen LogP contribution in [-0.4, -0.2) is 49.4 Å². The maximum absolute atomic E-state index is 15.1. The van der Waals surface area contributed by atoms with Crippen molar-refractivity contribution in [1.82, 2.24) is 4.98 Å². The summed E-state index contributed by atoms with van der Waals surface area (Å²) < 4.78 is 31.8. The first-order chi connectivity index (χ1) is 14.1. The number of nitrogens with zero attached hydrogens (tertiary/aromatic N) is 2. The van der Waals surface area contributed by atoms with Gasteiger partial charge in [-0.3, -0.25) is 0 Å². The lowest BCUT2D eigenvalue weighted by Crippen LogP contribution is -2.51. The van der Waals surface area contributed by atoms with E-state index >= 15 is 4.39 Å². The summed E-state index contributed by atoms with van der Waals surface area (Å²) in [6.45, 7) is 0.767. The summed E-state index contributed by atoms with van der Waals surface area (Å²) in [5.41, 5.74) is 7.32. The third-order valence-electron chi connectivity index (χ3n) is 5.56. The smallest absolute Gasteiger partial charge is 0.221 e. The molecule has 0 amide bonds. The molecule has 3 atom stereocenters. The number of rotatable bonds is 5. The average molecular weight is 418 g/mol. The lowest BCUT2D eigenvalue weighted by atomic mass is 9.74. The predicted molar refractivity (Wildman–Crippen MR) is 112 cm³/mol. The number of hydrogen-bond acceptors (Lipinski definition) is 7. The van der Waals surface area contributed by atoms with Crippen LogP contribution in [0.2, 0.25) is 0 Å². The van der Waals surface area contributed by atoms with Gasteiger partial charge < -0.3 is 19.9 Å². The van der Waals surface area contributed by atoms with Gasteiger partial charge in [-0.15, -0.1) is 0 Å². The van der Waals surface area contributed by atoms with Gasteiger partial charge in [-0.25, -0.2) is 14.4 Å². The monoisotopic (exact) mass is 417 g/mol. The van der Waals surface area contributed by atoms with Crippen molar-refractivity contribution >= 4 is 16.9 Å². The molecule has 2 aliphatic heterocycles. The van der Waals surface area contributed by atoms with Crippen molar-refractivity contribution in [2.75, 3.05) is 33.2 Å². The Morgan fingerprint density at radius 2 is 2.21 bits per heavy atom. The first kappa shape index (κ1) is 20.1. The van der Waals surface area contributed by atoms with Gasteiger partial charge in [0, 0.05) is 36.1 Å². The molecule has 1 aromatic carbocycles. The van der Waals surface area contributed by atoms with E-state index in [1.165, 1.54) is 17.8 Å². The number of methoxy groups -OCH3 is 2. The molecule has 29 heavy (non-hydrogen) atoms. The Morgan fingerprint density at radius 3 is 3.00 bits per heavy atom. The molecule has 0 unspecified atom stereocenters. The second-order valence-corrected chi connectivity index (χ2v) is 8.30. The minimum Gasteiger partial charge on any atom is -0.481 e. The Labute approximate surface area is 173 Å². The largest absolute Gasteiger partial charge is 0.481 e. The number of benzene rings is 1. The molecule has 1 aromatic heterocycles. The highest BCUT2D eigenvalue weighted by molar-refractivity contribution is 8.13. The van der Waals surface area contributed by atoms with E-state index in [2.05, 4.69) is 4.98 Å². The highest BCUT2D eigenvalue weighted by atomic mass is 32.2. The van der Waals surface area contributed by atoms with Gasteiger partial charge >= 0.3 is 0 Å². The zero-order valence-electron chi connectivity index (χ0n) is 16.4. The topological polar surface area (TPSA) is 79.0 Å². The molecule has 154 valence electrons. The van der Waals surface area contributed by atoms with Crippen molar-refractivity contribution in [2.45, 2.75) is 18.1 Å². The number of ether oxygens (including phenoxy) is 3. The third kappa shape index (κ3) is 3.72. The fourth-order valence-corrected chi connectivity index (χ4v) is 5.16. The Kier molecular flexibility index (Phi) is 5.76. The maximum atomic E-state index is 15.1. The number of fused-ring (bicyclic) bond motifs is 1. The minimum atomic E-state index is -0.852. The molecule has 2 aliphatic rings. The van der Waals surface area contributed by atoms with Crippen molar-refractivity contribution in [3.05, 3.63) is 47.9 Å². The average Bonchev–Trinajstić information content (AvgIpc) is 2.74. The van der Waals surface area contributed by atoms with E-state index in [-0.39, 0.29) is 24.4 Å². The Hall–Kier alpha value is -2.16. The normalized spacial score (nSPS) is 26.5. The van der Waals surface area contributed by atoms with E-state index in [1.807, 2.05) is 18.2 Å². The van der Waals surface area contributed by atoms with Gasteiger partial charge in [0.25, 0.3) is 0 Å². The fraction of sp³-hybridized carbons (Fsp3) is 0.429. The number of thioether (sulfide) groups is 1. The lowest BCUT2D eigenvalue weighted by Gasteiger charge is -2.46. The van der Waals surface area contributed by atoms with E-state index < -0.39 is 5.54 Å². The molecular formula is C21H24FN3O3S. The standard InChI is InChI=1S/C21H24FN3O3S/c1-26-10-15-9-14-11-29-20(23)25-21(14,12-28-15)17-8-13(5-6-18(17)22)16-4-3-7-24-19(16)27-2/h3-8,14-15H,9-12H2,1-2H3,(H2,23,25)/t14-,15+,21-/m0/s1. The minimum absolute atomic E-state index is 0.0297. The molecule has 0 saturated carbocycles. The molecule has 1 saturated heterocycles. The van der Waals surface area contributed by atoms with Crippen molar-refractivity contribution in [3.8, 4) is 17.0 Å². The maximum Gasteiger partial charge on any atom is 0.221 e. The Bertz CT molecular complexity index is 926. The molecular weight excluding hydrogens is 393 g/mol. The van der Waals surface area contributed by atoms with Crippen LogP contribution in [0.5, 0.6) is 5.88 Å². The second kappa shape index (κ2) is 8.30. The molecule has 1 fully saturated rings. The van der Waals surface area contributed by atoms with Crippen molar-refractivity contribution in [1.29, 1.82) is 0 Å². The number of hydrogen-bond donors (Lipinski definition) is 1. The first-order valence-corrected chi connectivity index (χ1v) is 10.4. The van der Waals surface area contributed by atoms with E-state index in [9.17, 15) is 0 Å². The molecule has 0 bridgehead atoms. The Morgan fingerprint density at radius 1 is 1.34 bits per heavy atom. The summed E-state index contributed by atoms with van der Waals surface area (Å²) in [7, 11) is 3.22. The van der Waals surface area contributed by atoms with Gasteiger partial charge in [-0.2, -0.15) is 0 Å². The van der Waals surface area contributed by atoms with Crippen LogP contribution in [0.3, 0.4) is 0 Å². The van der Waals surface area contributed by atoms with Crippen LogP contribution in [0.4, 0.5) is 4.39 Å². The highest BCUT2D eigenvalue weighted by Gasteiger charge is 2.49. The molecule has 8 heteroatoms. The summed E-state index contributed by atoms with van der Waals surface area (Å²) in [4.78, 5) is 9.00. The summed E-state index contributed by atoms with van der Waals surface area (Å²) >= 11 is 1.51. The van der Waals surface area contributed by atoms with Crippen LogP contribution in [0, 0.1) is 11.7 Å². The number of pyridine rings is 1. The van der Waals surface area contributed by atoms with Gasteiger partial charge in [0.2, 0.25) is 5.88 Å². The van der Waals surface area contributed by atoms with Crippen molar-refractivity contribution in [2.24, 2.45) is 16.6 Å². The molecule has 2 aromatic rings. The molecule has 2 N–H and O–H groups in total. The summed E-state index contributed by atoms with van der Waals surface area (Å²) in [6.07, 6.45) is 2.37. The number of halogens is 1. The zero-order valence-corrected chi connectivity index (χ0v) is 17.2. The Balaban J connectivity index is 1.80. The highest BCUT2D eigenvalue weighted by Crippen LogP contribution is 2.47. The molecule has 4 rings (SSSR count). The molecule has 0 radical (unpaired) electrons. The van der Waals surface area contributed by atoms with E-state index in [4.69, 9.17) is 24.9 Å². The first-order valence-electron chi connectivity index (χ1n) is 9.45. The molecule has 3 heterocycles.